The second-order valence-electron chi connectivity index (χ2n) is 4.80. The molecule has 11 heteroatoms. The summed E-state index contributed by atoms with van der Waals surface area (Å²) in [4.78, 5) is 11.7. The molecule has 8 nitrogen and oxygen atoms in total. The molecule has 0 bridgehead atoms. The molecule has 1 saturated heterocycles. The molecule has 1 aromatic rings. The van der Waals surface area contributed by atoms with Gasteiger partial charge in [-0.1, -0.05) is 29.3 Å². The lowest BCUT2D eigenvalue weighted by Crippen LogP contribution is -2.48. The van der Waals surface area contributed by atoms with Gasteiger partial charge in [0, 0.05) is 23.7 Å². The molecule has 1 aliphatic heterocycles. The summed E-state index contributed by atoms with van der Waals surface area (Å²) in [7, 11) is -3.71. The lowest BCUT2D eigenvalue weighted by Gasteiger charge is -2.25. The fourth-order valence-corrected chi connectivity index (χ4v) is 3.44. The Labute approximate surface area is 149 Å². The van der Waals surface area contributed by atoms with Crippen LogP contribution in [-0.2, 0) is 19.7 Å². The maximum absolute atomic E-state index is 12.0. The Morgan fingerprint density at radius 2 is 2.04 bits per heavy atom. The summed E-state index contributed by atoms with van der Waals surface area (Å²) in [6.45, 7) is 0.748. The quantitative estimate of drug-likeness (QED) is 0.545. The molecule has 1 aliphatic rings. The van der Waals surface area contributed by atoms with Gasteiger partial charge >= 0.3 is 0 Å². The molecule has 2 rings (SSSR count). The van der Waals surface area contributed by atoms with Crippen molar-refractivity contribution in [3.63, 3.8) is 0 Å². The van der Waals surface area contributed by atoms with Crippen molar-refractivity contribution in [3.05, 3.63) is 33.8 Å². The molecule has 1 heterocycles. The van der Waals surface area contributed by atoms with Gasteiger partial charge in [0.15, 0.2) is 0 Å². The Morgan fingerprint density at radius 3 is 2.71 bits per heavy atom. The molecule has 24 heavy (non-hydrogen) atoms. The fraction of sp³-hybridized carbons (Fsp3) is 0.385. The van der Waals surface area contributed by atoms with E-state index in [0.717, 1.165) is 0 Å². The third-order valence-corrected chi connectivity index (χ3v) is 5.20. The highest BCUT2D eigenvalue weighted by Gasteiger charge is 2.24. The van der Waals surface area contributed by atoms with Crippen LogP contribution in [0.5, 0.6) is 0 Å². The SMILES string of the molecule is O=C(CNS(=O)(=O)N1CCOCC1)N/N=C/c1ccc(Cl)cc1Cl. The Morgan fingerprint density at radius 1 is 1.33 bits per heavy atom. The number of hydrogen-bond donors (Lipinski definition) is 2. The van der Waals surface area contributed by atoms with Crippen LogP contribution >= 0.6 is 23.2 Å². The number of amides is 1. The van der Waals surface area contributed by atoms with Gasteiger partial charge < -0.3 is 4.74 Å². The first kappa shape index (κ1) is 19.1. The Hall–Kier alpha value is -1.23. The summed E-state index contributed by atoms with van der Waals surface area (Å²) in [6, 6.07) is 4.82. The number of carbonyl (C=O) groups excluding carboxylic acids is 1. The second-order valence-corrected chi connectivity index (χ2v) is 7.40. The zero-order valence-corrected chi connectivity index (χ0v) is 14.9. The summed E-state index contributed by atoms with van der Waals surface area (Å²) in [6.07, 6.45) is 1.34. The van der Waals surface area contributed by atoms with Gasteiger partial charge in [0.25, 0.3) is 16.1 Å². The Balaban J connectivity index is 1.81. The lowest BCUT2D eigenvalue weighted by molar-refractivity contribution is -0.119. The van der Waals surface area contributed by atoms with Crippen molar-refractivity contribution in [1.29, 1.82) is 0 Å². The van der Waals surface area contributed by atoms with Crippen molar-refractivity contribution in [2.75, 3.05) is 32.8 Å². The summed E-state index contributed by atoms with van der Waals surface area (Å²) >= 11 is 11.7. The summed E-state index contributed by atoms with van der Waals surface area (Å²) < 4.78 is 32.5. The van der Waals surface area contributed by atoms with Crippen LogP contribution in [0.15, 0.2) is 23.3 Å². The van der Waals surface area contributed by atoms with E-state index in [9.17, 15) is 13.2 Å². The molecular weight excluding hydrogens is 379 g/mol. The fourth-order valence-electron chi connectivity index (χ4n) is 1.85. The number of rotatable bonds is 6. The number of hydrazone groups is 1. The summed E-state index contributed by atoms with van der Waals surface area (Å²) in [5.74, 6) is -0.604. The molecule has 0 atom stereocenters. The highest BCUT2D eigenvalue weighted by molar-refractivity contribution is 7.87. The average molecular weight is 395 g/mol. The van der Waals surface area contributed by atoms with Gasteiger partial charge in [0.2, 0.25) is 0 Å². The standard InChI is InChI=1S/C13H16Cl2N4O4S/c14-11-2-1-10(12(15)7-11)8-16-18-13(20)9-17-24(21,22)19-3-5-23-6-4-19/h1-2,7-8,17H,3-6,9H2,(H,18,20)/b16-8+. The van der Waals surface area contributed by atoms with E-state index in [-0.39, 0.29) is 13.1 Å². The highest BCUT2D eigenvalue weighted by Crippen LogP contribution is 2.19. The van der Waals surface area contributed by atoms with Crippen LogP contribution in [0, 0.1) is 0 Å². The molecule has 1 aromatic carbocycles. The molecule has 132 valence electrons. The number of hydrogen-bond acceptors (Lipinski definition) is 5. The minimum absolute atomic E-state index is 0.254. The first-order chi connectivity index (χ1) is 11.4. The third kappa shape index (κ3) is 5.69. The van der Waals surface area contributed by atoms with Crippen molar-refractivity contribution >= 4 is 45.5 Å². The number of nitrogens with one attached hydrogen (secondary N) is 2. The maximum atomic E-state index is 12.0. The smallest absolute Gasteiger partial charge is 0.280 e. The van der Waals surface area contributed by atoms with Gasteiger partial charge in [0.1, 0.15) is 0 Å². The Kier molecular flexibility index (Phi) is 6.96. The number of benzene rings is 1. The van der Waals surface area contributed by atoms with E-state index in [1.54, 1.807) is 18.2 Å². The van der Waals surface area contributed by atoms with E-state index in [2.05, 4.69) is 15.2 Å². The van der Waals surface area contributed by atoms with Crippen LogP contribution in [0.25, 0.3) is 0 Å². The minimum Gasteiger partial charge on any atom is -0.379 e. The van der Waals surface area contributed by atoms with Gasteiger partial charge in [0.05, 0.1) is 31.0 Å². The topological polar surface area (TPSA) is 100 Å². The van der Waals surface area contributed by atoms with E-state index in [4.69, 9.17) is 27.9 Å². The molecule has 0 spiro atoms. The van der Waals surface area contributed by atoms with Crippen LogP contribution in [0.4, 0.5) is 0 Å². The molecule has 0 radical (unpaired) electrons. The molecule has 0 unspecified atom stereocenters. The van der Waals surface area contributed by atoms with Crippen molar-refractivity contribution in [1.82, 2.24) is 14.5 Å². The van der Waals surface area contributed by atoms with Gasteiger partial charge in [-0.15, -0.1) is 0 Å². The molecule has 0 aliphatic carbocycles. The van der Waals surface area contributed by atoms with E-state index >= 15 is 0 Å². The maximum Gasteiger partial charge on any atom is 0.280 e. The number of carbonyl (C=O) groups is 1. The van der Waals surface area contributed by atoms with Crippen molar-refractivity contribution in [3.8, 4) is 0 Å². The van der Waals surface area contributed by atoms with Crippen molar-refractivity contribution < 1.29 is 17.9 Å². The Bertz CT molecular complexity index is 721. The number of halogens is 2. The molecular formula is C13H16Cl2N4O4S. The van der Waals surface area contributed by atoms with Crippen LogP contribution in [0.3, 0.4) is 0 Å². The first-order valence-corrected chi connectivity index (χ1v) is 9.17. The predicted molar refractivity (Wildman–Crippen MR) is 91.5 cm³/mol. The summed E-state index contributed by atoms with van der Waals surface area (Å²) in [5.41, 5.74) is 2.78. The lowest BCUT2D eigenvalue weighted by atomic mass is 10.2. The monoisotopic (exact) mass is 394 g/mol. The van der Waals surface area contributed by atoms with Crippen LogP contribution in [0.2, 0.25) is 10.0 Å². The van der Waals surface area contributed by atoms with Gasteiger partial charge in [-0.05, 0) is 12.1 Å². The molecule has 0 saturated carbocycles. The van der Waals surface area contributed by atoms with Crippen LogP contribution in [-0.4, -0.2) is 57.7 Å². The number of morpholine rings is 1. The molecule has 0 aromatic heterocycles. The van der Waals surface area contributed by atoms with Gasteiger partial charge in [-0.3, -0.25) is 4.79 Å². The predicted octanol–water partition coefficient (Wildman–Crippen LogP) is 0.610. The van der Waals surface area contributed by atoms with Crippen LogP contribution in [0.1, 0.15) is 5.56 Å². The molecule has 2 N–H and O–H groups in total. The van der Waals surface area contributed by atoms with Gasteiger partial charge in [-0.2, -0.15) is 22.5 Å². The normalized spacial score (nSPS) is 16.4. The van der Waals surface area contributed by atoms with E-state index < -0.39 is 22.7 Å². The van der Waals surface area contributed by atoms with Crippen LogP contribution < -0.4 is 10.1 Å². The first-order valence-electron chi connectivity index (χ1n) is 6.98. The van der Waals surface area contributed by atoms with E-state index in [1.165, 1.54) is 10.5 Å². The molecule has 1 fully saturated rings. The van der Waals surface area contributed by atoms with E-state index in [1.807, 2.05) is 0 Å². The number of ether oxygens (including phenoxy) is 1. The highest BCUT2D eigenvalue weighted by atomic mass is 35.5. The third-order valence-electron chi connectivity index (χ3n) is 3.08. The zero-order chi connectivity index (χ0) is 17.6. The number of nitrogens with zero attached hydrogens (tertiary/aromatic N) is 2. The van der Waals surface area contributed by atoms with E-state index in [0.29, 0.717) is 28.8 Å². The second kappa shape index (κ2) is 8.75. The van der Waals surface area contributed by atoms with Crippen molar-refractivity contribution in [2.24, 2.45) is 5.10 Å². The zero-order valence-electron chi connectivity index (χ0n) is 12.5. The minimum atomic E-state index is -3.71. The summed E-state index contributed by atoms with van der Waals surface area (Å²) in [5, 5.41) is 4.59. The molecule has 1 amide bonds. The largest absolute Gasteiger partial charge is 0.379 e. The van der Waals surface area contributed by atoms with Gasteiger partial charge in [-0.25, -0.2) is 5.43 Å². The van der Waals surface area contributed by atoms with Crippen molar-refractivity contribution in [2.45, 2.75) is 0 Å². The average Bonchev–Trinajstić information content (AvgIpc) is 2.56.